The lowest BCUT2D eigenvalue weighted by Crippen LogP contribution is -2.27. The van der Waals surface area contributed by atoms with Crippen LogP contribution in [-0.2, 0) is 16.2 Å². The summed E-state index contributed by atoms with van der Waals surface area (Å²) in [5, 5.41) is 3.59. The third-order valence-corrected chi connectivity index (χ3v) is 3.09. The predicted molar refractivity (Wildman–Crippen MR) is 58.5 cm³/mol. The summed E-state index contributed by atoms with van der Waals surface area (Å²) in [6, 6.07) is 0. The number of thiazole rings is 1. The van der Waals surface area contributed by atoms with Crippen LogP contribution in [0.3, 0.4) is 0 Å². The molecule has 0 atom stereocenters. The molecule has 0 aliphatic heterocycles. The maximum Gasteiger partial charge on any atom is 0.434 e. The molecule has 5 nitrogen and oxygen atoms in total. The average molecular weight is 289 g/mol. The second kappa shape index (κ2) is 5.19. The number of rotatable bonds is 5. The van der Waals surface area contributed by atoms with Gasteiger partial charge in [-0.2, -0.15) is 13.2 Å². The van der Waals surface area contributed by atoms with Gasteiger partial charge in [-0.15, -0.1) is 11.3 Å². The smallest absolute Gasteiger partial charge is 0.360 e. The van der Waals surface area contributed by atoms with Crippen LogP contribution in [0.5, 0.6) is 0 Å². The highest BCUT2D eigenvalue weighted by Gasteiger charge is 2.33. The Bertz CT molecular complexity index is 469. The van der Waals surface area contributed by atoms with Crippen LogP contribution in [0, 0.1) is 0 Å². The van der Waals surface area contributed by atoms with Gasteiger partial charge in [-0.25, -0.2) is 18.1 Å². The van der Waals surface area contributed by atoms with Gasteiger partial charge in [-0.05, 0) is 0 Å². The molecule has 2 N–H and O–H groups in total. The van der Waals surface area contributed by atoms with Gasteiger partial charge in [0.15, 0.2) is 10.8 Å². The summed E-state index contributed by atoms with van der Waals surface area (Å²) < 4.78 is 60.1. The van der Waals surface area contributed by atoms with E-state index >= 15 is 0 Å². The lowest BCUT2D eigenvalue weighted by Gasteiger charge is -2.03. The van der Waals surface area contributed by atoms with Crippen LogP contribution >= 0.6 is 11.3 Å². The molecule has 0 aliphatic rings. The lowest BCUT2D eigenvalue weighted by atomic mass is 10.5. The van der Waals surface area contributed by atoms with Gasteiger partial charge in [0.05, 0.1) is 6.26 Å². The fourth-order valence-electron chi connectivity index (χ4n) is 0.891. The molecule has 0 saturated heterocycles. The molecule has 0 bridgehead atoms. The van der Waals surface area contributed by atoms with Crippen LogP contribution in [0.2, 0.25) is 0 Å². The maximum atomic E-state index is 12.2. The minimum absolute atomic E-state index is 0.0831. The first-order chi connectivity index (χ1) is 7.68. The van der Waals surface area contributed by atoms with Gasteiger partial charge >= 0.3 is 6.18 Å². The van der Waals surface area contributed by atoms with E-state index in [2.05, 4.69) is 15.0 Å². The Hall–Kier alpha value is -0.870. The molecule has 0 saturated carbocycles. The first kappa shape index (κ1) is 14.2. The minimum atomic E-state index is -4.46. The fourth-order valence-corrected chi connectivity index (χ4v) is 2.11. The number of halogens is 3. The number of anilines is 1. The molecule has 0 aromatic carbocycles. The zero-order valence-electron chi connectivity index (χ0n) is 8.71. The normalized spacial score (nSPS) is 12.7. The van der Waals surface area contributed by atoms with E-state index in [0.29, 0.717) is 0 Å². The second-order valence-corrected chi connectivity index (χ2v) is 5.82. The Labute approximate surface area is 100 Å². The molecule has 0 fully saturated rings. The summed E-state index contributed by atoms with van der Waals surface area (Å²) in [6.45, 7) is 0.248. The van der Waals surface area contributed by atoms with Crippen molar-refractivity contribution in [2.24, 2.45) is 0 Å². The topological polar surface area (TPSA) is 71.1 Å². The fraction of sp³-hybridized carbons (Fsp3) is 0.571. The van der Waals surface area contributed by atoms with Crippen molar-refractivity contribution in [2.75, 3.05) is 24.7 Å². The predicted octanol–water partition coefficient (Wildman–Crippen LogP) is 1.12. The van der Waals surface area contributed by atoms with Crippen LogP contribution in [0.15, 0.2) is 5.38 Å². The van der Waals surface area contributed by atoms with Gasteiger partial charge in [0, 0.05) is 18.5 Å². The van der Waals surface area contributed by atoms with E-state index in [-0.39, 0.29) is 18.2 Å². The SMILES string of the molecule is CS(=O)(=O)NCCNc1nc(C(F)(F)F)cs1. The van der Waals surface area contributed by atoms with E-state index in [1.807, 2.05) is 0 Å². The number of sulfonamides is 1. The molecule has 1 aromatic rings. The molecule has 10 heteroatoms. The molecule has 0 amide bonds. The highest BCUT2D eigenvalue weighted by Crippen LogP contribution is 2.31. The van der Waals surface area contributed by atoms with Crippen molar-refractivity contribution in [1.29, 1.82) is 0 Å². The van der Waals surface area contributed by atoms with Gasteiger partial charge < -0.3 is 5.32 Å². The zero-order valence-corrected chi connectivity index (χ0v) is 10.3. The number of nitrogens with zero attached hydrogens (tertiary/aromatic N) is 1. The Morgan fingerprint density at radius 2 is 2.06 bits per heavy atom. The van der Waals surface area contributed by atoms with Crippen molar-refractivity contribution in [3.63, 3.8) is 0 Å². The Morgan fingerprint density at radius 3 is 2.53 bits per heavy atom. The standard InChI is InChI=1S/C7H10F3N3O2S2/c1-17(14,15)12-3-2-11-6-13-5(4-16-6)7(8,9)10/h4,12H,2-3H2,1H3,(H,11,13). The zero-order chi connectivity index (χ0) is 13.1. The molecular weight excluding hydrogens is 279 g/mol. The number of alkyl halides is 3. The van der Waals surface area contributed by atoms with Crippen LogP contribution in [0.4, 0.5) is 18.3 Å². The molecule has 0 aliphatic carbocycles. The number of hydrogen-bond donors (Lipinski definition) is 2. The summed E-state index contributed by atoms with van der Waals surface area (Å²) in [5.74, 6) is 0. The first-order valence-corrected chi connectivity index (χ1v) is 7.17. The van der Waals surface area contributed by atoms with Gasteiger partial charge in [-0.3, -0.25) is 0 Å². The van der Waals surface area contributed by atoms with Gasteiger partial charge in [-0.1, -0.05) is 0 Å². The van der Waals surface area contributed by atoms with Crippen molar-refractivity contribution in [3.8, 4) is 0 Å². The average Bonchev–Trinajstić information content (AvgIpc) is 2.58. The van der Waals surface area contributed by atoms with Gasteiger partial charge in [0.25, 0.3) is 0 Å². The van der Waals surface area contributed by atoms with Gasteiger partial charge in [0.2, 0.25) is 10.0 Å². The van der Waals surface area contributed by atoms with Crippen LogP contribution in [0.25, 0.3) is 0 Å². The quantitative estimate of drug-likeness (QED) is 0.797. The summed E-state index contributed by atoms with van der Waals surface area (Å²) >= 11 is 0.815. The van der Waals surface area contributed by atoms with Crippen LogP contribution in [0.1, 0.15) is 5.69 Å². The third-order valence-electron chi connectivity index (χ3n) is 1.56. The number of aromatic nitrogens is 1. The summed E-state index contributed by atoms with van der Waals surface area (Å²) in [7, 11) is -3.28. The number of hydrogen-bond acceptors (Lipinski definition) is 5. The van der Waals surface area contributed by atoms with Crippen LogP contribution in [-0.4, -0.2) is 32.7 Å². The molecule has 1 heterocycles. The first-order valence-electron chi connectivity index (χ1n) is 4.40. The largest absolute Gasteiger partial charge is 0.434 e. The van der Waals surface area contributed by atoms with E-state index in [1.54, 1.807) is 0 Å². The third kappa shape index (κ3) is 5.33. The van der Waals surface area contributed by atoms with Crippen molar-refractivity contribution in [2.45, 2.75) is 6.18 Å². The minimum Gasteiger partial charge on any atom is -0.360 e. The molecule has 1 aromatic heterocycles. The molecule has 0 spiro atoms. The molecule has 0 radical (unpaired) electrons. The molecular formula is C7H10F3N3O2S2. The van der Waals surface area contributed by atoms with Crippen LogP contribution < -0.4 is 10.0 Å². The van der Waals surface area contributed by atoms with Gasteiger partial charge in [0.1, 0.15) is 0 Å². The van der Waals surface area contributed by atoms with E-state index < -0.39 is 21.9 Å². The molecule has 1 rings (SSSR count). The number of nitrogens with one attached hydrogen (secondary N) is 2. The van der Waals surface area contributed by atoms with Crippen molar-refractivity contribution >= 4 is 26.5 Å². The highest BCUT2D eigenvalue weighted by molar-refractivity contribution is 7.88. The molecule has 98 valence electrons. The van der Waals surface area contributed by atoms with Crippen molar-refractivity contribution in [1.82, 2.24) is 9.71 Å². The van der Waals surface area contributed by atoms with Crippen molar-refractivity contribution in [3.05, 3.63) is 11.1 Å². The van der Waals surface area contributed by atoms with E-state index in [0.717, 1.165) is 23.0 Å². The van der Waals surface area contributed by atoms with Crippen molar-refractivity contribution < 1.29 is 21.6 Å². The van der Waals surface area contributed by atoms with E-state index in [1.165, 1.54) is 0 Å². The summed E-state index contributed by atoms with van der Waals surface area (Å²) in [5.41, 5.74) is -0.957. The van der Waals surface area contributed by atoms with E-state index in [4.69, 9.17) is 0 Å². The summed E-state index contributed by atoms with van der Waals surface area (Å²) in [6.07, 6.45) is -3.46. The molecule has 0 unspecified atom stereocenters. The lowest BCUT2D eigenvalue weighted by molar-refractivity contribution is -0.140. The highest BCUT2D eigenvalue weighted by atomic mass is 32.2. The second-order valence-electron chi connectivity index (χ2n) is 3.13. The van der Waals surface area contributed by atoms with E-state index in [9.17, 15) is 21.6 Å². The molecule has 17 heavy (non-hydrogen) atoms. The Balaban J connectivity index is 2.41. The Kier molecular flexibility index (Phi) is 4.33. The summed E-state index contributed by atoms with van der Waals surface area (Å²) in [4.78, 5) is 3.32. The maximum absolute atomic E-state index is 12.2. The monoisotopic (exact) mass is 289 g/mol. The Morgan fingerprint density at radius 1 is 1.41 bits per heavy atom.